The van der Waals surface area contributed by atoms with Crippen molar-refractivity contribution in [3.63, 3.8) is 0 Å². The number of nitrogens with zero attached hydrogens (tertiary/aromatic N) is 2. The standard InChI is InChI=1S/C15H21N3O/c1-2-13-8-9-14(10-16)18(13)15(19)11-17-12-6-4-3-5-7-12/h1,12-14,17H,3-9,11H2. The van der Waals surface area contributed by atoms with Crippen molar-refractivity contribution in [3.05, 3.63) is 0 Å². The summed E-state index contributed by atoms with van der Waals surface area (Å²) < 4.78 is 0. The van der Waals surface area contributed by atoms with E-state index in [0.29, 0.717) is 19.0 Å². The van der Waals surface area contributed by atoms with Crippen molar-refractivity contribution in [2.45, 2.75) is 63.1 Å². The Labute approximate surface area is 115 Å². The monoisotopic (exact) mass is 259 g/mol. The second kappa shape index (κ2) is 6.59. The van der Waals surface area contributed by atoms with Crippen LogP contribution in [0.15, 0.2) is 0 Å². The first-order chi connectivity index (χ1) is 9.26. The molecule has 19 heavy (non-hydrogen) atoms. The molecule has 0 spiro atoms. The third kappa shape index (κ3) is 3.28. The first-order valence-corrected chi connectivity index (χ1v) is 7.16. The van der Waals surface area contributed by atoms with Gasteiger partial charge < -0.3 is 10.2 Å². The largest absolute Gasteiger partial charge is 0.312 e. The summed E-state index contributed by atoms with van der Waals surface area (Å²) >= 11 is 0. The first kappa shape index (κ1) is 13.9. The molecule has 0 aromatic rings. The number of amides is 1. The third-order valence-electron chi connectivity index (χ3n) is 4.16. The number of terminal acetylenes is 1. The van der Waals surface area contributed by atoms with Gasteiger partial charge >= 0.3 is 0 Å². The van der Waals surface area contributed by atoms with E-state index in [0.717, 1.165) is 19.3 Å². The lowest BCUT2D eigenvalue weighted by Crippen LogP contribution is -2.46. The van der Waals surface area contributed by atoms with Gasteiger partial charge in [0.2, 0.25) is 5.91 Å². The van der Waals surface area contributed by atoms with Crippen LogP contribution in [0.25, 0.3) is 0 Å². The van der Waals surface area contributed by atoms with Gasteiger partial charge in [-0.3, -0.25) is 4.79 Å². The highest BCUT2D eigenvalue weighted by Gasteiger charge is 2.35. The van der Waals surface area contributed by atoms with Crippen molar-refractivity contribution < 1.29 is 4.79 Å². The van der Waals surface area contributed by atoms with Crippen molar-refractivity contribution in [1.82, 2.24) is 10.2 Å². The summed E-state index contributed by atoms with van der Waals surface area (Å²) in [6, 6.07) is 2.08. The summed E-state index contributed by atoms with van der Waals surface area (Å²) in [6.07, 6.45) is 13.0. The topological polar surface area (TPSA) is 56.1 Å². The molecule has 1 aliphatic carbocycles. The molecule has 2 fully saturated rings. The van der Waals surface area contributed by atoms with Gasteiger partial charge in [0.05, 0.1) is 18.7 Å². The highest BCUT2D eigenvalue weighted by molar-refractivity contribution is 5.80. The van der Waals surface area contributed by atoms with Gasteiger partial charge in [0.1, 0.15) is 6.04 Å². The zero-order valence-electron chi connectivity index (χ0n) is 11.3. The Morgan fingerprint density at radius 2 is 1.89 bits per heavy atom. The van der Waals surface area contributed by atoms with Gasteiger partial charge in [-0.2, -0.15) is 5.26 Å². The fourth-order valence-corrected chi connectivity index (χ4v) is 3.08. The summed E-state index contributed by atoms with van der Waals surface area (Å²) in [4.78, 5) is 13.8. The summed E-state index contributed by atoms with van der Waals surface area (Å²) in [5.41, 5.74) is 0. The van der Waals surface area contributed by atoms with E-state index in [1.54, 1.807) is 4.90 Å². The zero-order valence-corrected chi connectivity index (χ0v) is 11.3. The molecule has 4 heteroatoms. The molecule has 102 valence electrons. The molecular weight excluding hydrogens is 238 g/mol. The number of hydrogen-bond donors (Lipinski definition) is 1. The van der Waals surface area contributed by atoms with Crippen molar-refractivity contribution >= 4 is 5.91 Å². The number of nitrogens with one attached hydrogen (secondary N) is 1. The van der Waals surface area contributed by atoms with E-state index in [1.165, 1.54) is 19.3 Å². The third-order valence-corrected chi connectivity index (χ3v) is 4.16. The molecule has 1 amide bonds. The zero-order chi connectivity index (χ0) is 13.7. The van der Waals surface area contributed by atoms with Crippen molar-refractivity contribution in [2.75, 3.05) is 6.54 Å². The molecule has 0 bridgehead atoms. The number of nitriles is 1. The Morgan fingerprint density at radius 1 is 1.21 bits per heavy atom. The van der Waals surface area contributed by atoms with E-state index in [2.05, 4.69) is 17.3 Å². The summed E-state index contributed by atoms with van der Waals surface area (Å²) in [6.45, 7) is 0.307. The Kier molecular flexibility index (Phi) is 4.82. The normalized spacial score (nSPS) is 27.8. The molecule has 2 unspecified atom stereocenters. The lowest BCUT2D eigenvalue weighted by molar-refractivity contribution is -0.131. The SMILES string of the molecule is C#CC1CCC(C#N)N1C(=O)CNC1CCCCC1. The average Bonchev–Trinajstić information content (AvgIpc) is 2.89. The molecule has 2 rings (SSSR count). The molecule has 2 atom stereocenters. The van der Waals surface area contributed by atoms with E-state index >= 15 is 0 Å². The van der Waals surface area contributed by atoms with Crippen molar-refractivity contribution in [1.29, 1.82) is 5.26 Å². The molecule has 0 aromatic carbocycles. The summed E-state index contributed by atoms with van der Waals surface area (Å²) in [5, 5.41) is 12.4. The first-order valence-electron chi connectivity index (χ1n) is 7.16. The van der Waals surface area contributed by atoms with E-state index in [9.17, 15) is 4.79 Å². The molecule has 0 aromatic heterocycles. The minimum Gasteiger partial charge on any atom is -0.312 e. The van der Waals surface area contributed by atoms with Gasteiger partial charge in [0.15, 0.2) is 0 Å². The van der Waals surface area contributed by atoms with Gasteiger partial charge in [0, 0.05) is 6.04 Å². The van der Waals surface area contributed by atoms with Crippen LogP contribution in [-0.2, 0) is 4.79 Å². The number of hydrogen-bond acceptors (Lipinski definition) is 3. The quantitative estimate of drug-likeness (QED) is 0.780. The highest BCUT2D eigenvalue weighted by atomic mass is 16.2. The summed E-state index contributed by atoms with van der Waals surface area (Å²) in [7, 11) is 0. The Bertz CT molecular complexity index is 379. The molecule has 1 saturated carbocycles. The lowest BCUT2D eigenvalue weighted by atomic mass is 9.95. The average molecular weight is 259 g/mol. The van der Waals surface area contributed by atoms with Gasteiger partial charge in [-0.25, -0.2) is 0 Å². The number of likely N-dealkylation sites (tertiary alicyclic amines) is 1. The van der Waals surface area contributed by atoms with Gasteiger partial charge in [0.25, 0.3) is 0 Å². The fraction of sp³-hybridized carbons (Fsp3) is 0.733. The molecule has 1 heterocycles. The van der Waals surface area contributed by atoms with Crippen molar-refractivity contribution in [2.24, 2.45) is 0 Å². The van der Waals surface area contributed by atoms with Crippen LogP contribution in [0, 0.1) is 23.7 Å². The van der Waals surface area contributed by atoms with Crippen LogP contribution in [-0.4, -0.2) is 35.5 Å². The molecule has 2 aliphatic rings. The van der Waals surface area contributed by atoms with Gasteiger partial charge in [-0.05, 0) is 25.7 Å². The van der Waals surface area contributed by atoms with Crippen molar-refractivity contribution in [3.8, 4) is 18.4 Å². The molecule has 1 N–H and O–H groups in total. The fourth-order valence-electron chi connectivity index (χ4n) is 3.08. The van der Waals surface area contributed by atoms with E-state index in [-0.39, 0.29) is 18.0 Å². The number of carbonyl (C=O) groups excluding carboxylic acids is 1. The molecule has 0 radical (unpaired) electrons. The number of rotatable bonds is 3. The van der Waals surface area contributed by atoms with Crippen LogP contribution in [0.2, 0.25) is 0 Å². The maximum absolute atomic E-state index is 12.2. The second-order valence-corrected chi connectivity index (χ2v) is 5.42. The Hall–Kier alpha value is -1.52. The Balaban J connectivity index is 1.87. The molecule has 1 aliphatic heterocycles. The second-order valence-electron chi connectivity index (χ2n) is 5.42. The van der Waals surface area contributed by atoms with Crippen LogP contribution >= 0.6 is 0 Å². The highest BCUT2D eigenvalue weighted by Crippen LogP contribution is 2.23. The van der Waals surface area contributed by atoms with Gasteiger partial charge in [-0.15, -0.1) is 6.42 Å². The van der Waals surface area contributed by atoms with E-state index < -0.39 is 0 Å². The smallest absolute Gasteiger partial charge is 0.238 e. The maximum atomic E-state index is 12.2. The van der Waals surface area contributed by atoms with Crippen LogP contribution in [0.5, 0.6) is 0 Å². The minimum atomic E-state index is -0.346. The summed E-state index contributed by atoms with van der Waals surface area (Å²) in [5.74, 6) is 2.59. The number of carbonyl (C=O) groups is 1. The molecule has 1 saturated heterocycles. The van der Waals surface area contributed by atoms with E-state index in [4.69, 9.17) is 11.7 Å². The predicted octanol–water partition coefficient (Wildman–Crippen LogP) is 1.43. The van der Waals surface area contributed by atoms with Gasteiger partial charge in [-0.1, -0.05) is 25.2 Å². The lowest BCUT2D eigenvalue weighted by Gasteiger charge is -2.27. The van der Waals surface area contributed by atoms with Crippen LogP contribution in [0.1, 0.15) is 44.9 Å². The minimum absolute atomic E-state index is 0.0300. The van der Waals surface area contributed by atoms with Crippen LogP contribution in [0.3, 0.4) is 0 Å². The maximum Gasteiger partial charge on any atom is 0.238 e. The van der Waals surface area contributed by atoms with E-state index in [1.807, 2.05) is 0 Å². The molecule has 4 nitrogen and oxygen atoms in total. The Morgan fingerprint density at radius 3 is 2.53 bits per heavy atom. The van der Waals surface area contributed by atoms with Crippen LogP contribution in [0.4, 0.5) is 0 Å². The van der Waals surface area contributed by atoms with Crippen LogP contribution < -0.4 is 5.32 Å². The molecular formula is C15H21N3O. The predicted molar refractivity (Wildman–Crippen MR) is 73.0 cm³/mol.